The molecule has 1 saturated heterocycles. The van der Waals surface area contributed by atoms with E-state index >= 15 is 0 Å². The zero-order chi connectivity index (χ0) is 40.4. The molecule has 0 radical (unpaired) electrons. The Balaban J connectivity index is 2.11. The van der Waals surface area contributed by atoms with E-state index in [-0.39, 0.29) is 43.6 Å². The molecule has 2 aliphatic rings. The first-order valence-electron chi connectivity index (χ1n) is 19.1. The Labute approximate surface area is 325 Å². The summed E-state index contributed by atoms with van der Waals surface area (Å²) in [5, 5.41) is 77.0. The molecule has 306 valence electrons. The van der Waals surface area contributed by atoms with Crippen molar-refractivity contribution in [1.29, 1.82) is 0 Å². The number of rotatable bonds is 16. The zero-order valence-corrected chi connectivity index (χ0v) is 35.0. The van der Waals surface area contributed by atoms with Crippen LogP contribution in [0.5, 0.6) is 0 Å². The summed E-state index contributed by atoms with van der Waals surface area (Å²) >= 11 is 3.19. The lowest BCUT2D eigenvalue weighted by Crippen LogP contribution is -2.48. The summed E-state index contributed by atoms with van der Waals surface area (Å²) in [6.45, 7) is 18.4. The van der Waals surface area contributed by atoms with Crippen LogP contribution in [-0.4, -0.2) is 109 Å². The first kappa shape index (κ1) is 47.5. The number of hydrogen-bond acceptors (Lipinski definition) is 11. The molecule has 1 fully saturated rings. The lowest BCUT2D eigenvalue weighted by Gasteiger charge is -2.38. The van der Waals surface area contributed by atoms with E-state index in [0.29, 0.717) is 49.0 Å². The number of ether oxygens (including phenoxy) is 3. The summed E-state index contributed by atoms with van der Waals surface area (Å²) in [4.78, 5) is 14.6. The molecule has 2 aliphatic heterocycles. The van der Waals surface area contributed by atoms with Crippen molar-refractivity contribution in [1.82, 2.24) is 0 Å². The molecule has 0 aromatic carbocycles. The third-order valence-corrected chi connectivity index (χ3v) is 11.9. The summed E-state index contributed by atoms with van der Waals surface area (Å²) in [7, 11) is 1.48. The van der Waals surface area contributed by atoms with Gasteiger partial charge in [-0.2, -0.15) is 0 Å². The van der Waals surface area contributed by atoms with Crippen LogP contribution in [0.4, 0.5) is 0 Å². The van der Waals surface area contributed by atoms with Crippen LogP contribution in [0.15, 0.2) is 46.2 Å². The molecular weight excluding hydrogens is 748 g/mol. The summed E-state index contributed by atoms with van der Waals surface area (Å²) in [5.41, 5.74) is -0.339. The van der Waals surface area contributed by atoms with Crippen LogP contribution in [0.25, 0.3) is 0 Å². The first-order chi connectivity index (χ1) is 24.5. The highest BCUT2D eigenvalue weighted by Crippen LogP contribution is 2.41. The molecule has 2 bridgehead atoms. The van der Waals surface area contributed by atoms with Gasteiger partial charge in [0.15, 0.2) is 0 Å². The number of aliphatic hydroxyl groups excluding tert-OH is 7. The van der Waals surface area contributed by atoms with Gasteiger partial charge in [-0.25, -0.2) is 4.79 Å². The third kappa shape index (κ3) is 14.1. The largest absolute Gasteiger partial charge is 0.496 e. The monoisotopic (exact) mass is 816 g/mol. The van der Waals surface area contributed by atoms with E-state index in [1.54, 1.807) is 45.7 Å². The number of carbonyl (C=O) groups is 1. The molecule has 11 nitrogen and oxygen atoms in total. The normalized spacial score (nSPS) is 31.9. The predicted molar refractivity (Wildman–Crippen MR) is 209 cm³/mol. The van der Waals surface area contributed by atoms with Gasteiger partial charge in [0.25, 0.3) is 0 Å². The molecule has 0 aromatic heterocycles. The lowest BCUT2D eigenvalue weighted by molar-refractivity contribution is -0.164. The van der Waals surface area contributed by atoms with Gasteiger partial charge in [0.05, 0.1) is 49.8 Å². The van der Waals surface area contributed by atoms with E-state index in [2.05, 4.69) is 36.4 Å². The van der Waals surface area contributed by atoms with Gasteiger partial charge >= 0.3 is 5.97 Å². The SMILES string of the molecule is C=C(C[C@H](O)C[C@H](O)[C@H](C)[C@H](O)C[C@H](O)C(C)(C)[C@H](O)C/C(C)=C/[C@H](O)[C@@]1(C)O[C@H]2C[C@H](C)C[C@@H](O)C[C@@H](C)C/C(C)=C/C(=O)O[C@@H]1C2)/C(=C\Br)OC. The second kappa shape index (κ2) is 21.1. The average molecular weight is 818 g/mol. The van der Waals surface area contributed by atoms with Crippen molar-refractivity contribution in [2.45, 2.75) is 174 Å². The first-order valence-corrected chi connectivity index (χ1v) is 20.0. The molecule has 0 amide bonds. The second-order valence-electron chi connectivity index (χ2n) is 17.0. The van der Waals surface area contributed by atoms with Crippen LogP contribution in [0, 0.1) is 23.2 Å². The zero-order valence-electron chi connectivity index (χ0n) is 33.4. The fraction of sp³-hybridized carbons (Fsp3) is 0.780. The highest BCUT2D eigenvalue weighted by molar-refractivity contribution is 9.11. The van der Waals surface area contributed by atoms with Crippen molar-refractivity contribution in [3.05, 3.63) is 46.2 Å². The van der Waals surface area contributed by atoms with E-state index in [4.69, 9.17) is 14.2 Å². The molecule has 0 aliphatic carbocycles. The van der Waals surface area contributed by atoms with E-state index in [0.717, 1.165) is 5.57 Å². The van der Waals surface area contributed by atoms with Gasteiger partial charge < -0.3 is 50.0 Å². The number of hydrogen-bond donors (Lipinski definition) is 7. The van der Waals surface area contributed by atoms with Crippen molar-refractivity contribution < 1.29 is 54.8 Å². The van der Waals surface area contributed by atoms with Crippen molar-refractivity contribution >= 4 is 21.9 Å². The molecule has 53 heavy (non-hydrogen) atoms. The third-order valence-electron chi connectivity index (χ3n) is 11.4. The smallest absolute Gasteiger partial charge is 0.331 e. The van der Waals surface area contributed by atoms with Crippen molar-refractivity contribution in [2.24, 2.45) is 23.2 Å². The van der Waals surface area contributed by atoms with E-state index in [1.165, 1.54) is 13.2 Å². The minimum Gasteiger partial charge on any atom is -0.496 e. The van der Waals surface area contributed by atoms with Crippen LogP contribution in [0.3, 0.4) is 0 Å². The Kier molecular flexibility index (Phi) is 18.9. The summed E-state index contributed by atoms with van der Waals surface area (Å²) < 4.78 is 17.6. The average Bonchev–Trinajstić information content (AvgIpc) is 3.34. The maximum Gasteiger partial charge on any atom is 0.331 e. The minimum atomic E-state index is -1.27. The van der Waals surface area contributed by atoms with Gasteiger partial charge in [-0.1, -0.05) is 74.3 Å². The molecule has 13 atom stereocenters. The van der Waals surface area contributed by atoms with Crippen LogP contribution in [0.1, 0.15) is 113 Å². The fourth-order valence-electron chi connectivity index (χ4n) is 7.69. The predicted octanol–water partition coefficient (Wildman–Crippen LogP) is 5.37. The highest BCUT2D eigenvalue weighted by Gasteiger charge is 2.52. The van der Waals surface area contributed by atoms with Gasteiger partial charge in [0.2, 0.25) is 0 Å². The van der Waals surface area contributed by atoms with Gasteiger partial charge in [-0.05, 0) is 76.7 Å². The van der Waals surface area contributed by atoms with Crippen LogP contribution < -0.4 is 0 Å². The van der Waals surface area contributed by atoms with Crippen molar-refractivity contribution in [3.63, 3.8) is 0 Å². The maximum atomic E-state index is 13.0. The minimum absolute atomic E-state index is 0.0217. The highest BCUT2D eigenvalue weighted by atomic mass is 79.9. The van der Waals surface area contributed by atoms with Gasteiger partial charge in [-0.3, -0.25) is 0 Å². The Bertz CT molecular complexity index is 1280. The van der Waals surface area contributed by atoms with Crippen LogP contribution >= 0.6 is 15.9 Å². The molecule has 2 rings (SSSR count). The standard InChI is InChI=1S/C41H69BrO11/c1-23-11-24(2)17-39(50)52-38-20-31(14-25(3)13-29(43)12-23)53-41(38,9)37(49)16-26(4)15-35(47)40(7,8)36(48)21-33(46)28(6)32(45)19-30(44)18-27(5)34(22-42)51-10/h16-17,22-23,25,28-33,35-38,43-49H,5,11-15,18-21H2,1-4,6-10H3/b24-17+,26-16+,34-22+/t23-,25+,28-,29-,30-,31-,32-,33+,35+,36-,37-,38+,41+/m0/s1. The molecular formula is C41H69BrO11. The number of fused-ring (bicyclic) bond motifs is 2. The fourth-order valence-corrected chi connectivity index (χ4v) is 8.20. The number of esters is 1. The second-order valence-corrected chi connectivity index (χ2v) is 17.4. The molecule has 0 unspecified atom stereocenters. The van der Waals surface area contributed by atoms with E-state index in [9.17, 15) is 40.5 Å². The van der Waals surface area contributed by atoms with Gasteiger partial charge in [0.1, 0.15) is 23.6 Å². The number of carbonyl (C=O) groups excluding carboxylic acids is 1. The van der Waals surface area contributed by atoms with Gasteiger partial charge in [-0.15, -0.1) is 0 Å². The lowest BCUT2D eigenvalue weighted by atomic mass is 9.75. The van der Waals surface area contributed by atoms with Crippen molar-refractivity contribution in [3.8, 4) is 0 Å². The number of halogens is 1. The van der Waals surface area contributed by atoms with Crippen molar-refractivity contribution in [2.75, 3.05) is 7.11 Å². The number of methoxy groups -OCH3 is 1. The Morgan fingerprint density at radius 2 is 1.64 bits per heavy atom. The maximum absolute atomic E-state index is 13.0. The number of allylic oxidation sites excluding steroid dienone is 2. The van der Waals surface area contributed by atoms with Gasteiger partial charge in [0, 0.05) is 41.7 Å². The molecule has 7 N–H and O–H groups in total. The number of aliphatic hydroxyl groups is 7. The van der Waals surface area contributed by atoms with E-state index in [1.807, 2.05) is 6.92 Å². The summed E-state index contributed by atoms with van der Waals surface area (Å²) in [6.07, 6.45) is -1.94. The Morgan fingerprint density at radius 3 is 2.25 bits per heavy atom. The Morgan fingerprint density at radius 1 is 1.04 bits per heavy atom. The topological polar surface area (TPSA) is 186 Å². The molecule has 0 saturated carbocycles. The molecule has 2 heterocycles. The van der Waals surface area contributed by atoms with Crippen LogP contribution in [-0.2, 0) is 19.0 Å². The molecule has 12 heteroatoms. The Hall–Kier alpha value is -1.61. The van der Waals surface area contributed by atoms with E-state index < -0.39 is 71.7 Å². The quantitative estimate of drug-likeness (QED) is 0.0460. The molecule has 0 aromatic rings. The summed E-state index contributed by atoms with van der Waals surface area (Å²) in [5.74, 6) is -0.376. The molecule has 0 spiro atoms. The van der Waals surface area contributed by atoms with Crippen LogP contribution in [0.2, 0.25) is 0 Å². The summed E-state index contributed by atoms with van der Waals surface area (Å²) in [6, 6.07) is 0.